The van der Waals surface area contributed by atoms with E-state index in [4.69, 9.17) is 15.2 Å². The van der Waals surface area contributed by atoms with Crippen LogP contribution in [0.4, 0.5) is 0 Å². The van der Waals surface area contributed by atoms with Crippen LogP contribution in [0.3, 0.4) is 0 Å². The number of thioether (sulfide) groups is 1. The van der Waals surface area contributed by atoms with E-state index in [0.29, 0.717) is 31.7 Å². The molecule has 1 fully saturated rings. The SMILES string of the molecule is COC(=O)[C@H](CCSC)NC(=O)[C@H]1C[C@H](Oc2ccccc2)CN1CC=C[C@@H](N)CS. The number of benzene rings is 1. The van der Waals surface area contributed by atoms with Gasteiger partial charge in [-0.25, -0.2) is 4.79 Å². The van der Waals surface area contributed by atoms with Gasteiger partial charge in [-0.15, -0.1) is 0 Å². The summed E-state index contributed by atoms with van der Waals surface area (Å²) in [5.74, 6) is 1.45. The van der Waals surface area contributed by atoms with Crippen LogP contribution >= 0.6 is 24.4 Å². The lowest BCUT2D eigenvalue weighted by Crippen LogP contribution is -2.50. The molecule has 7 nitrogen and oxygen atoms in total. The maximum Gasteiger partial charge on any atom is 0.328 e. The first kappa shape index (κ1) is 25.6. The number of esters is 1. The Morgan fingerprint density at radius 3 is 2.77 bits per heavy atom. The molecule has 1 aromatic rings. The van der Waals surface area contributed by atoms with Crippen LogP contribution in [0.5, 0.6) is 5.75 Å². The number of para-hydroxylation sites is 1. The summed E-state index contributed by atoms with van der Waals surface area (Å²) in [4.78, 5) is 27.3. The Hall–Kier alpha value is -1.68. The van der Waals surface area contributed by atoms with E-state index in [2.05, 4.69) is 17.9 Å². The molecule has 0 unspecified atom stereocenters. The van der Waals surface area contributed by atoms with Gasteiger partial charge in [0.1, 0.15) is 17.9 Å². The van der Waals surface area contributed by atoms with E-state index in [1.165, 1.54) is 7.11 Å². The van der Waals surface area contributed by atoms with Crippen molar-refractivity contribution in [1.82, 2.24) is 10.2 Å². The van der Waals surface area contributed by atoms with E-state index < -0.39 is 18.1 Å². The lowest BCUT2D eigenvalue weighted by molar-refractivity contribution is -0.145. The third kappa shape index (κ3) is 8.40. The predicted molar refractivity (Wildman–Crippen MR) is 129 cm³/mol. The van der Waals surface area contributed by atoms with Crippen LogP contribution in [-0.2, 0) is 14.3 Å². The first-order valence-corrected chi connectivity index (χ1v) is 12.4. The molecule has 1 saturated heterocycles. The van der Waals surface area contributed by atoms with Crippen LogP contribution in [0.1, 0.15) is 12.8 Å². The van der Waals surface area contributed by atoms with Gasteiger partial charge in [0.25, 0.3) is 0 Å². The zero-order valence-corrected chi connectivity index (χ0v) is 19.8. The summed E-state index contributed by atoms with van der Waals surface area (Å²) < 4.78 is 11.0. The molecular weight excluding hydrogens is 434 g/mol. The molecule has 0 saturated carbocycles. The predicted octanol–water partition coefficient (Wildman–Crippen LogP) is 1.73. The number of likely N-dealkylation sites (tertiary alicyclic amines) is 1. The smallest absolute Gasteiger partial charge is 0.328 e. The quantitative estimate of drug-likeness (QED) is 0.245. The van der Waals surface area contributed by atoms with Crippen LogP contribution < -0.4 is 15.8 Å². The van der Waals surface area contributed by atoms with Crippen LogP contribution in [0, 0.1) is 0 Å². The molecule has 4 atom stereocenters. The van der Waals surface area contributed by atoms with Gasteiger partial charge < -0.3 is 20.5 Å². The fourth-order valence-electron chi connectivity index (χ4n) is 3.44. The highest BCUT2D eigenvalue weighted by Crippen LogP contribution is 2.23. The largest absolute Gasteiger partial charge is 0.489 e. The number of rotatable bonds is 12. The van der Waals surface area contributed by atoms with Gasteiger partial charge in [-0.3, -0.25) is 9.69 Å². The van der Waals surface area contributed by atoms with Gasteiger partial charge in [0.15, 0.2) is 0 Å². The number of amides is 1. The van der Waals surface area contributed by atoms with Gasteiger partial charge in [-0.2, -0.15) is 24.4 Å². The second kappa shape index (κ2) is 13.7. The van der Waals surface area contributed by atoms with E-state index in [1.807, 2.05) is 53.6 Å². The van der Waals surface area contributed by atoms with Crippen LogP contribution in [-0.4, -0.2) is 79.0 Å². The maximum atomic E-state index is 13.1. The molecule has 0 bridgehead atoms. The van der Waals surface area contributed by atoms with Crippen LogP contribution in [0.25, 0.3) is 0 Å². The van der Waals surface area contributed by atoms with E-state index in [-0.39, 0.29) is 18.1 Å². The van der Waals surface area contributed by atoms with Crippen molar-refractivity contribution in [2.75, 3.05) is 38.0 Å². The molecule has 1 aliphatic rings. The van der Waals surface area contributed by atoms with E-state index in [0.717, 1.165) is 11.5 Å². The van der Waals surface area contributed by atoms with E-state index in [1.54, 1.807) is 11.8 Å². The van der Waals surface area contributed by atoms with Gasteiger partial charge in [-0.05, 0) is 30.6 Å². The number of ether oxygens (including phenoxy) is 2. The number of nitrogens with one attached hydrogen (secondary N) is 1. The Kier molecular flexibility index (Phi) is 11.3. The number of carbonyl (C=O) groups excluding carboxylic acids is 2. The van der Waals surface area contributed by atoms with Gasteiger partial charge >= 0.3 is 5.97 Å². The summed E-state index contributed by atoms with van der Waals surface area (Å²) in [6.45, 7) is 1.16. The first-order valence-electron chi connectivity index (χ1n) is 10.3. The topological polar surface area (TPSA) is 93.9 Å². The second-order valence-electron chi connectivity index (χ2n) is 7.40. The van der Waals surface area contributed by atoms with Crippen molar-refractivity contribution in [2.24, 2.45) is 5.73 Å². The molecule has 0 aliphatic carbocycles. The summed E-state index contributed by atoms with van der Waals surface area (Å²) in [6.07, 6.45) is 6.73. The minimum Gasteiger partial charge on any atom is -0.489 e. The number of thiol groups is 1. The van der Waals surface area contributed by atoms with Crippen molar-refractivity contribution in [3.05, 3.63) is 42.5 Å². The van der Waals surface area contributed by atoms with Gasteiger partial charge in [0, 0.05) is 31.3 Å². The number of nitrogens with zero attached hydrogens (tertiary/aromatic N) is 1. The number of methoxy groups -OCH3 is 1. The first-order chi connectivity index (χ1) is 15.0. The molecule has 0 radical (unpaired) electrons. The van der Waals surface area contributed by atoms with Crippen LogP contribution in [0.15, 0.2) is 42.5 Å². The normalized spacial score (nSPS) is 21.0. The summed E-state index contributed by atoms with van der Waals surface area (Å²) in [5.41, 5.74) is 5.90. The molecule has 1 aliphatic heterocycles. The summed E-state index contributed by atoms with van der Waals surface area (Å²) in [7, 11) is 1.33. The maximum absolute atomic E-state index is 13.1. The van der Waals surface area contributed by atoms with Gasteiger partial charge in [0.2, 0.25) is 5.91 Å². The Morgan fingerprint density at radius 1 is 1.39 bits per heavy atom. The summed E-state index contributed by atoms with van der Waals surface area (Å²) >= 11 is 5.81. The minimum absolute atomic E-state index is 0.132. The minimum atomic E-state index is -0.658. The average Bonchev–Trinajstić information content (AvgIpc) is 3.18. The molecule has 3 N–H and O–H groups in total. The Morgan fingerprint density at radius 2 is 2.13 bits per heavy atom. The molecule has 0 aromatic heterocycles. The summed E-state index contributed by atoms with van der Waals surface area (Å²) in [5, 5.41) is 2.88. The molecule has 1 amide bonds. The molecular formula is C22H33N3O4S2. The molecule has 9 heteroatoms. The molecule has 31 heavy (non-hydrogen) atoms. The van der Waals surface area contributed by atoms with Crippen molar-refractivity contribution >= 4 is 36.3 Å². The second-order valence-corrected chi connectivity index (χ2v) is 8.75. The van der Waals surface area contributed by atoms with Crippen molar-refractivity contribution < 1.29 is 19.1 Å². The van der Waals surface area contributed by atoms with Crippen molar-refractivity contribution in [3.8, 4) is 5.75 Å². The Labute approximate surface area is 194 Å². The number of carbonyl (C=O) groups is 2. The molecule has 1 heterocycles. The number of nitrogens with two attached hydrogens (primary N) is 1. The van der Waals surface area contributed by atoms with Crippen LogP contribution in [0.2, 0.25) is 0 Å². The fourth-order valence-corrected chi connectivity index (χ4v) is 4.03. The highest BCUT2D eigenvalue weighted by atomic mass is 32.2. The number of hydrogen-bond acceptors (Lipinski definition) is 8. The van der Waals surface area contributed by atoms with Gasteiger partial charge in [-0.1, -0.05) is 30.4 Å². The third-order valence-electron chi connectivity index (χ3n) is 5.06. The van der Waals surface area contributed by atoms with Gasteiger partial charge in [0.05, 0.1) is 13.2 Å². The highest BCUT2D eigenvalue weighted by Gasteiger charge is 2.38. The third-order valence-corrected chi connectivity index (χ3v) is 6.13. The lowest BCUT2D eigenvalue weighted by atomic mass is 10.1. The Bertz CT molecular complexity index is 720. The molecule has 2 rings (SSSR count). The standard InChI is InChI=1S/C22H33N3O4S2/c1-28-22(27)19(10-12-31-2)24-21(26)20-13-18(29-17-8-4-3-5-9-17)14-25(20)11-6-7-16(23)15-30/h3-9,16,18-20,30H,10-15,23H2,1-2H3,(H,24,26)/t16-,18+,19+,20-/m1/s1. The molecule has 1 aromatic carbocycles. The Balaban J connectivity index is 2.08. The highest BCUT2D eigenvalue weighted by molar-refractivity contribution is 7.98. The molecule has 0 spiro atoms. The van der Waals surface area contributed by atoms with Crippen molar-refractivity contribution in [1.29, 1.82) is 0 Å². The number of hydrogen-bond donors (Lipinski definition) is 3. The zero-order valence-electron chi connectivity index (χ0n) is 18.1. The lowest BCUT2D eigenvalue weighted by Gasteiger charge is -2.24. The van der Waals surface area contributed by atoms with E-state index in [9.17, 15) is 9.59 Å². The van der Waals surface area contributed by atoms with Crippen molar-refractivity contribution in [3.63, 3.8) is 0 Å². The molecule has 172 valence electrons. The summed E-state index contributed by atoms with van der Waals surface area (Å²) in [6, 6.07) is 8.37. The zero-order chi connectivity index (χ0) is 22.6. The monoisotopic (exact) mass is 467 g/mol. The average molecular weight is 468 g/mol. The fraction of sp³-hybridized carbons (Fsp3) is 0.545. The van der Waals surface area contributed by atoms with E-state index >= 15 is 0 Å². The van der Waals surface area contributed by atoms with Crippen molar-refractivity contribution in [2.45, 2.75) is 37.1 Å².